The average Bonchev–Trinajstić information content (AvgIpc) is 2.82. The first-order valence-electron chi connectivity index (χ1n) is 10.9. The summed E-state index contributed by atoms with van der Waals surface area (Å²) < 4.78 is 6.30. The third-order valence-corrected chi connectivity index (χ3v) is 5.61. The summed E-state index contributed by atoms with van der Waals surface area (Å²) in [5.74, 6) is 0.595. The second-order valence-corrected chi connectivity index (χ2v) is 8.21. The molecule has 2 aromatic rings. The van der Waals surface area contributed by atoms with Crippen LogP contribution in [0.1, 0.15) is 19.4 Å². The number of carbonyl (C=O) groups is 2. The van der Waals surface area contributed by atoms with Crippen molar-refractivity contribution < 1.29 is 19.4 Å². The molecule has 0 spiro atoms. The van der Waals surface area contributed by atoms with Crippen LogP contribution >= 0.6 is 0 Å². The van der Waals surface area contributed by atoms with E-state index in [1.165, 1.54) is 0 Å². The number of amides is 3. The Morgan fingerprint density at radius 2 is 1.91 bits per heavy atom. The molecule has 1 aliphatic rings. The van der Waals surface area contributed by atoms with Gasteiger partial charge in [-0.1, -0.05) is 25.1 Å². The van der Waals surface area contributed by atoms with Gasteiger partial charge in [-0.05, 0) is 44.3 Å². The van der Waals surface area contributed by atoms with E-state index >= 15 is 0 Å². The molecule has 3 atom stereocenters. The molecule has 0 aliphatic carbocycles. The van der Waals surface area contributed by atoms with Crippen LogP contribution in [0, 0.1) is 5.92 Å². The number of carbonyl (C=O) groups excluding carboxylic acids is 2. The molecule has 0 radical (unpaired) electrons. The van der Waals surface area contributed by atoms with Gasteiger partial charge in [-0.15, -0.1) is 0 Å². The van der Waals surface area contributed by atoms with Crippen molar-refractivity contribution in [1.82, 2.24) is 10.2 Å². The second kappa shape index (κ2) is 11.0. The van der Waals surface area contributed by atoms with Gasteiger partial charge in [-0.3, -0.25) is 4.79 Å². The van der Waals surface area contributed by atoms with Gasteiger partial charge >= 0.3 is 6.03 Å². The summed E-state index contributed by atoms with van der Waals surface area (Å²) in [6.07, 6.45) is -0.0349. The van der Waals surface area contributed by atoms with Gasteiger partial charge in [0.05, 0.1) is 19.1 Å². The number of hydrogen-bond donors (Lipinski definition) is 4. The zero-order valence-electron chi connectivity index (χ0n) is 18.8. The maximum Gasteiger partial charge on any atom is 0.323 e. The minimum atomic E-state index is -0.372. The predicted octanol–water partition coefficient (Wildman–Crippen LogP) is 2.70. The highest BCUT2D eigenvalue weighted by Crippen LogP contribution is 2.29. The number of aliphatic hydroxyl groups excluding tert-OH is 1. The zero-order valence-corrected chi connectivity index (χ0v) is 18.8. The van der Waals surface area contributed by atoms with Crippen molar-refractivity contribution in [2.75, 3.05) is 37.4 Å². The van der Waals surface area contributed by atoms with Crippen molar-refractivity contribution in [1.29, 1.82) is 0 Å². The van der Waals surface area contributed by atoms with Gasteiger partial charge < -0.3 is 30.7 Å². The first-order valence-corrected chi connectivity index (χ1v) is 10.9. The molecule has 0 aromatic heterocycles. The Kier molecular flexibility index (Phi) is 8.08. The van der Waals surface area contributed by atoms with Crippen LogP contribution in [0.15, 0.2) is 48.5 Å². The van der Waals surface area contributed by atoms with Crippen molar-refractivity contribution in [3.8, 4) is 5.75 Å². The number of benzene rings is 2. The van der Waals surface area contributed by atoms with E-state index in [2.05, 4.69) is 16.0 Å². The van der Waals surface area contributed by atoms with E-state index in [4.69, 9.17) is 4.74 Å². The van der Waals surface area contributed by atoms with E-state index < -0.39 is 0 Å². The van der Waals surface area contributed by atoms with Crippen molar-refractivity contribution in [3.05, 3.63) is 54.1 Å². The summed E-state index contributed by atoms with van der Waals surface area (Å²) >= 11 is 0. The lowest BCUT2D eigenvalue weighted by molar-refractivity contribution is -0.134. The van der Waals surface area contributed by atoms with E-state index in [9.17, 15) is 14.7 Å². The van der Waals surface area contributed by atoms with Gasteiger partial charge in [0.2, 0.25) is 5.91 Å². The van der Waals surface area contributed by atoms with E-state index in [0.29, 0.717) is 35.8 Å². The molecule has 3 amide bonds. The molecule has 2 aromatic carbocycles. The largest absolute Gasteiger partial charge is 0.488 e. The molecule has 3 rings (SSSR count). The smallest absolute Gasteiger partial charge is 0.323 e. The molecular formula is C24H32N4O4. The van der Waals surface area contributed by atoms with Crippen LogP contribution in [0.2, 0.25) is 0 Å². The molecule has 1 aliphatic heterocycles. The predicted molar refractivity (Wildman–Crippen MR) is 125 cm³/mol. The number of aliphatic hydroxyl groups is 1. The van der Waals surface area contributed by atoms with Crippen LogP contribution in [0.25, 0.3) is 0 Å². The molecule has 8 heteroatoms. The summed E-state index contributed by atoms with van der Waals surface area (Å²) in [5.41, 5.74) is 1.94. The Balaban J connectivity index is 1.85. The van der Waals surface area contributed by atoms with Crippen LogP contribution in [-0.2, 0) is 11.2 Å². The number of para-hydroxylation sites is 1. The topological polar surface area (TPSA) is 103 Å². The van der Waals surface area contributed by atoms with Crippen LogP contribution in [0.5, 0.6) is 5.75 Å². The molecule has 0 fully saturated rings. The highest BCUT2D eigenvalue weighted by molar-refractivity contribution is 5.99. The quantitative estimate of drug-likeness (QED) is 0.553. The minimum absolute atomic E-state index is 0.0563. The van der Waals surface area contributed by atoms with Gasteiger partial charge in [0.1, 0.15) is 11.9 Å². The molecule has 0 unspecified atom stereocenters. The second-order valence-electron chi connectivity index (χ2n) is 8.21. The van der Waals surface area contributed by atoms with Crippen molar-refractivity contribution >= 4 is 23.3 Å². The lowest BCUT2D eigenvalue weighted by Gasteiger charge is -2.32. The Bertz CT molecular complexity index is 921. The normalized spacial score (nSPS) is 19.6. The zero-order chi connectivity index (χ0) is 23.1. The van der Waals surface area contributed by atoms with E-state index in [-0.39, 0.29) is 43.0 Å². The maximum atomic E-state index is 13.1. The van der Waals surface area contributed by atoms with Crippen LogP contribution in [0.3, 0.4) is 0 Å². The van der Waals surface area contributed by atoms with Gasteiger partial charge in [0, 0.05) is 35.9 Å². The molecular weight excluding hydrogens is 408 g/mol. The fourth-order valence-corrected chi connectivity index (χ4v) is 3.77. The average molecular weight is 441 g/mol. The summed E-state index contributed by atoms with van der Waals surface area (Å²) in [4.78, 5) is 27.2. The number of urea groups is 1. The van der Waals surface area contributed by atoms with Gasteiger partial charge in [-0.2, -0.15) is 0 Å². The van der Waals surface area contributed by atoms with Crippen molar-refractivity contribution in [2.45, 2.75) is 32.4 Å². The summed E-state index contributed by atoms with van der Waals surface area (Å²) in [5, 5.41) is 18.4. The molecule has 1 heterocycles. The van der Waals surface area contributed by atoms with E-state index in [1.807, 2.05) is 39.1 Å². The summed E-state index contributed by atoms with van der Waals surface area (Å²) in [6, 6.07) is 13.8. The van der Waals surface area contributed by atoms with Gasteiger partial charge in [0.15, 0.2) is 0 Å². The first-order chi connectivity index (χ1) is 15.4. The standard InChI is InChI=1S/C24H32N4O4/c1-16-14-28(17(2)15-29)23(30)12-18-11-20(9-10-21(18)32-22(16)13-25-3)27-24(31)26-19-7-5-4-6-8-19/h4-11,16-17,22,25,29H,12-15H2,1-3H3,(H2,26,27,31)/t16-,17+,22+/m1/s1. The fourth-order valence-electron chi connectivity index (χ4n) is 3.77. The Hall–Kier alpha value is -3.10. The first kappa shape index (κ1) is 23.6. The monoisotopic (exact) mass is 440 g/mol. The highest BCUT2D eigenvalue weighted by Gasteiger charge is 2.30. The number of anilines is 2. The third kappa shape index (κ3) is 5.99. The molecule has 32 heavy (non-hydrogen) atoms. The number of fused-ring (bicyclic) bond motifs is 1. The molecule has 0 bridgehead atoms. The lowest BCUT2D eigenvalue weighted by atomic mass is 10.0. The number of ether oxygens (including phenoxy) is 1. The van der Waals surface area contributed by atoms with E-state index in [1.54, 1.807) is 35.2 Å². The lowest BCUT2D eigenvalue weighted by Crippen LogP contribution is -2.47. The van der Waals surface area contributed by atoms with Gasteiger partial charge in [-0.25, -0.2) is 4.79 Å². The van der Waals surface area contributed by atoms with Gasteiger partial charge in [0.25, 0.3) is 0 Å². The SMILES string of the molecule is CNC[C@@H]1Oc2ccc(NC(=O)Nc3ccccc3)cc2CC(=O)N([C@@H](C)CO)C[C@H]1C. The maximum absolute atomic E-state index is 13.1. The number of nitrogens with zero attached hydrogens (tertiary/aromatic N) is 1. The van der Waals surface area contributed by atoms with Crippen molar-refractivity contribution in [2.24, 2.45) is 5.92 Å². The number of hydrogen-bond acceptors (Lipinski definition) is 5. The number of likely N-dealkylation sites (N-methyl/N-ethyl adjacent to an activating group) is 1. The Morgan fingerprint density at radius 3 is 2.59 bits per heavy atom. The number of rotatable bonds is 6. The Morgan fingerprint density at radius 1 is 1.19 bits per heavy atom. The van der Waals surface area contributed by atoms with Crippen LogP contribution in [-0.4, -0.2) is 60.8 Å². The highest BCUT2D eigenvalue weighted by atomic mass is 16.5. The van der Waals surface area contributed by atoms with Crippen LogP contribution in [0.4, 0.5) is 16.2 Å². The molecule has 4 N–H and O–H groups in total. The third-order valence-electron chi connectivity index (χ3n) is 5.61. The molecule has 0 saturated heterocycles. The molecule has 172 valence electrons. The summed E-state index contributed by atoms with van der Waals surface area (Å²) in [6.45, 7) is 4.88. The molecule has 0 saturated carbocycles. The number of nitrogens with one attached hydrogen (secondary N) is 3. The van der Waals surface area contributed by atoms with Crippen LogP contribution < -0.4 is 20.7 Å². The van der Waals surface area contributed by atoms with E-state index in [0.717, 1.165) is 0 Å². The fraction of sp³-hybridized carbons (Fsp3) is 0.417. The minimum Gasteiger partial charge on any atom is -0.488 e. The summed E-state index contributed by atoms with van der Waals surface area (Å²) in [7, 11) is 1.86. The molecule has 8 nitrogen and oxygen atoms in total. The van der Waals surface area contributed by atoms with Crippen molar-refractivity contribution in [3.63, 3.8) is 0 Å². The Labute approximate surface area is 189 Å².